The number of halogens is 2. The van der Waals surface area contributed by atoms with Crippen LogP contribution < -0.4 is 10.1 Å². The highest BCUT2D eigenvalue weighted by atomic mass is 35.5. The summed E-state index contributed by atoms with van der Waals surface area (Å²) in [6.45, 7) is 3.92. The molecule has 1 N–H and O–H groups in total. The molecule has 4 nitrogen and oxygen atoms in total. The van der Waals surface area contributed by atoms with Crippen molar-refractivity contribution in [1.29, 1.82) is 0 Å². The Labute approximate surface area is 151 Å². The van der Waals surface area contributed by atoms with Gasteiger partial charge in [-0.3, -0.25) is 0 Å². The van der Waals surface area contributed by atoms with Crippen LogP contribution in [-0.2, 0) is 0 Å². The number of rotatable bonds is 4. The van der Waals surface area contributed by atoms with E-state index in [1.54, 1.807) is 4.90 Å². The normalized spacial score (nSPS) is 19.6. The van der Waals surface area contributed by atoms with Crippen LogP contribution in [0, 0.1) is 5.82 Å². The summed E-state index contributed by atoms with van der Waals surface area (Å²) >= 11 is 5.97. The van der Waals surface area contributed by atoms with E-state index >= 15 is 0 Å². The van der Waals surface area contributed by atoms with Gasteiger partial charge in [0.05, 0.1) is 6.04 Å². The van der Waals surface area contributed by atoms with Crippen LogP contribution in [0.4, 0.5) is 9.18 Å². The van der Waals surface area contributed by atoms with Crippen LogP contribution in [0.25, 0.3) is 0 Å². The fraction of sp³-hybridized carbons (Fsp3) is 0.316. The predicted octanol–water partition coefficient (Wildman–Crippen LogP) is 4.06. The number of nitrogens with zero attached hydrogens (tertiary/aromatic N) is 1. The summed E-state index contributed by atoms with van der Waals surface area (Å²) in [6.07, 6.45) is -0.429. The zero-order valence-electron chi connectivity index (χ0n) is 13.9. The van der Waals surface area contributed by atoms with E-state index in [0.29, 0.717) is 23.9 Å². The van der Waals surface area contributed by atoms with Gasteiger partial charge in [0.25, 0.3) is 0 Å². The lowest BCUT2D eigenvalue weighted by Gasteiger charge is -2.31. The lowest BCUT2D eigenvalue weighted by molar-refractivity contribution is 0.134. The quantitative estimate of drug-likeness (QED) is 0.892. The van der Waals surface area contributed by atoms with E-state index in [1.807, 2.05) is 31.2 Å². The first-order valence-corrected chi connectivity index (χ1v) is 8.66. The number of hydrogen-bond donors (Lipinski definition) is 1. The molecule has 6 heteroatoms. The molecule has 1 aliphatic heterocycles. The topological polar surface area (TPSA) is 41.6 Å². The highest BCUT2D eigenvalue weighted by molar-refractivity contribution is 6.30. The van der Waals surface area contributed by atoms with E-state index < -0.39 is 6.09 Å². The summed E-state index contributed by atoms with van der Waals surface area (Å²) in [5.41, 5.74) is 1.13. The van der Waals surface area contributed by atoms with Crippen molar-refractivity contribution in [2.75, 3.05) is 19.6 Å². The second-order valence-electron chi connectivity index (χ2n) is 5.99. The third-order valence-electron chi connectivity index (χ3n) is 4.47. The van der Waals surface area contributed by atoms with Gasteiger partial charge in [0.1, 0.15) is 11.6 Å². The second-order valence-corrected chi connectivity index (χ2v) is 6.43. The minimum Gasteiger partial charge on any atom is -0.410 e. The fourth-order valence-corrected chi connectivity index (χ4v) is 3.33. The van der Waals surface area contributed by atoms with Crippen molar-refractivity contribution in [3.05, 3.63) is 64.9 Å². The molecule has 1 aliphatic rings. The van der Waals surface area contributed by atoms with Crippen LogP contribution >= 0.6 is 11.6 Å². The maximum atomic E-state index is 13.0. The number of carbonyl (C=O) groups is 1. The molecule has 1 heterocycles. The van der Waals surface area contributed by atoms with Crippen LogP contribution in [0.3, 0.4) is 0 Å². The van der Waals surface area contributed by atoms with Crippen molar-refractivity contribution in [2.24, 2.45) is 0 Å². The summed E-state index contributed by atoms with van der Waals surface area (Å²) in [4.78, 5) is 14.3. The monoisotopic (exact) mass is 362 g/mol. The standard InChI is InChI=1S/C19H20ClFN2O2/c1-2-23(19(24)25-16-9-7-15(21)8-10-16)18-12-22-11-17(18)13-3-5-14(20)6-4-13/h3-10,17-18,22H,2,11-12H2,1H3. The SMILES string of the molecule is CCN(C(=O)Oc1ccc(F)cc1)C1CNCC1c1ccc(Cl)cc1. The Hall–Kier alpha value is -2.11. The van der Waals surface area contributed by atoms with Gasteiger partial charge in [0.2, 0.25) is 0 Å². The molecule has 0 spiro atoms. The predicted molar refractivity (Wildman–Crippen MR) is 95.7 cm³/mol. The van der Waals surface area contributed by atoms with Crippen molar-refractivity contribution in [3.63, 3.8) is 0 Å². The molecule has 0 aromatic heterocycles. The maximum absolute atomic E-state index is 13.0. The second kappa shape index (κ2) is 7.85. The number of carbonyl (C=O) groups excluding carboxylic acids is 1. The van der Waals surface area contributed by atoms with E-state index in [0.717, 1.165) is 12.1 Å². The van der Waals surface area contributed by atoms with Gasteiger partial charge in [-0.05, 0) is 48.9 Å². The van der Waals surface area contributed by atoms with Crippen molar-refractivity contribution in [1.82, 2.24) is 10.2 Å². The van der Waals surface area contributed by atoms with E-state index in [-0.39, 0.29) is 17.8 Å². The molecule has 1 fully saturated rings. The van der Waals surface area contributed by atoms with Crippen LogP contribution in [0.2, 0.25) is 5.02 Å². The summed E-state index contributed by atoms with van der Waals surface area (Å²) in [5, 5.41) is 4.03. The Morgan fingerprint density at radius 1 is 1.20 bits per heavy atom. The average Bonchev–Trinajstić information content (AvgIpc) is 3.08. The van der Waals surface area contributed by atoms with Crippen molar-refractivity contribution >= 4 is 17.7 Å². The summed E-state index contributed by atoms with van der Waals surface area (Å²) in [5.74, 6) is 0.131. The van der Waals surface area contributed by atoms with Gasteiger partial charge < -0.3 is 15.0 Å². The number of benzene rings is 2. The molecule has 132 valence electrons. The molecule has 3 rings (SSSR count). The molecule has 2 aromatic rings. The Kier molecular flexibility index (Phi) is 5.56. The van der Waals surface area contributed by atoms with Crippen LogP contribution in [0.5, 0.6) is 5.75 Å². The lowest BCUT2D eigenvalue weighted by atomic mass is 9.93. The van der Waals surface area contributed by atoms with Gasteiger partial charge in [-0.2, -0.15) is 0 Å². The minimum atomic E-state index is -0.429. The number of hydrogen-bond acceptors (Lipinski definition) is 3. The van der Waals surface area contributed by atoms with Crippen LogP contribution in [0.1, 0.15) is 18.4 Å². The maximum Gasteiger partial charge on any atom is 0.415 e. The van der Waals surface area contributed by atoms with E-state index in [2.05, 4.69) is 5.32 Å². The Balaban J connectivity index is 1.75. The highest BCUT2D eigenvalue weighted by Crippen LogP contribution is 2.28. The first kappa shape index (κ1) is 17.7. The highest BCUT2D eigenvalue weighted by Gasteiger charge is 2.35. The van der Waals surface area contributed by atoms with Gasteiger partial charge in [-0.1, -0.05) is 23.7 Å². The van der Waals surface area contributed by atoms with Crippen molar-refractivity contribution < 1.29 is 13.9 Å². The number of ether oxygens (including phenoxy) is 1. The third-order valence-corrected chi connectivity index (χ3v) is 4.73. The van der Waals surface area contributed by atoms with Crippen molar-refractivity contribution in [2.45, 2.75) is 18.9 Å². The Morgan fingerprint density at radius 3 is 2.52 bits per heavy atom. The third kappa shape index (κ3) is 4.11. The largest absolute Gasteiger partial charge is 0.415 e. The molecular weight excluding hydrogens is 343 g/mol. The fourth-order valence-electron chi connectivity index (χ4n) is 3.20. The molecule has 2 atom stereocenters. The lowest BCUT2D eigenvalue weighted by Crippen LogP contribution is -2.45. The average molecular weight is 363 g/mol. The van der Waals surface area contributed by atoms with Crippen LogP contribution in [-0.4, -0.2) is 36.7 Å². The molecule has 2 unspecified atom stereocenters. The molecule has 1 saturated heterocycles. The van der Waals surface area contributed by atoms with Crippen molar-refractivity contribution in [3.8, 4) is 5.75 Å². The van der Waals surface area contributed by atoms with Crippen LogP contribution in [0.15, 0.2) is 48.5 Å². The smallest absolute Gasteiger partial charge is 0.410 e. The molecule has 1 amide bonds. The first-order valence-electron chi connectivity index (χ1n) is 8.28. The van der Waals surface area contributed by atoms with E-state index in [1.165, 1.54) is 24.3 Å². The van der Waals surface area contributed by atoms with E-state index in [4.69, 9.17) is 16.3 Å². The molecule has 0 saturated carbocycles. The Bertz CT molecular complexity index is 721. The first-order chi connectivity index (χ1) is 12.1. The molecule has 0 radical (unpaired) electrons. The molecular formula is C19H20ClFN2O2. The summed E-state index contributed by atoms with van der Waals surface area (Å²) in [7, 11) is 0. The van der Waals surface area contributed by atoms with E-state index in [9.17, 15) is 9.18 Å². The molecule has 0 bridgehead atoms. The molecule has 2 aromatic carbocycles. The minimum absolute atomic E-state index is 0.0147. The summed E-state index contributed by atoms with van der Waals surface area (Å²) in [6, 6.07) is 13.1. The van der Waals surface area contributed by atoms with Gasteiger partial charge in [0.15, 0.2) is 0 Å². The van der Waals surface area contributed by atoms with Gasteiger partial charge in [-0.25, -0.2) is 9.18 Å². The number of likely N-dealkylation sites (N-methyl/N-ethyl adjacent to an activating group) is 1. The Morgan fingerprint density at radius 2 is 1.88 bits per heavy atom. The zero-order valence-corrected chi connectivity index (χ0v) is 14.7. The summed E-state index contributed by atoms with van der Waals surface area (Å²) < 4.78 is 18.4. The van der Waals surface area contributed by atoms with Gasteiger partial charge >= 0.3 is 6.09 Å². The number of amides is 1. The number of nitrogens with one attached hydrogen (secondary N) is 1. The zero-order chi connectivity index (χ0) is 17.8. The van der Waals surface area contributed by atoms with Gasteiger partial charge in [-0.15, -0.1) is 0 Å². The molecule has 25 heavy (non-hydrogen) atoms. The molecule has 0 aliphatic carbocycles. The van der Waals surface area contributed by atoms with Gasteiger partial charge in [0, 0.05) is 30.6 Å².